The lowest BCUT2D eigenvalue weighted by molar-refractivity contribution is -0.119. The predicted molar refractivity (Wildman–Crippen MR) is 97.3 cm³/mol. The maximum atomic E-state index is 11.3. The zero-order valence-electron chi connectivity index (χ0n) is 14.5. The first kappa shape index (κ1) is 18.5. The monoisotopic (exact) mass is 386 g/mol. The van der Waals surface area contributed by atoms with E-state index in [0.29, 0.717) is 11.5 Å². The third kappa shape index (κ3) is 4.48. The molecule has 2 aromatic heterocycles. The molecule has 0 N–H and O–H groups in total. The highest BCUT2D eigenvalue weighted by Gasteiger charge is 2.21. The van der Waals surface area contributed by atoms with Crippen LogP contribution in [0.25, 0.3) is 11.6 Å². The van der Waals surface area contributed by atoms with Crippen molar-refractivity contribution in [2.45, 2.75) is 6.92 Å². The molecule has 1 aromatic carbocycles. The number of hydrogen-bond acceptors (Lipinski definition) is 8. The molecule has 27 heavy (non-hydrogen) atoms. The minimum absolute atomic E-state index is 0.00133. The molecule has 0 atom stereocenters. The molecule has 9 heteroatoms. The highest BCUT2D eigenvalue weighted by molar-refractivity contribution is 6.31. The largest absolute Gasteiger partial charge is 0.493 e. The van der Waals surface area contributed by atoms with Gasteiger partial charge in [0, 0.05) is 12.4 Å². The molecule has 3 aromatic rings. The smallest absolute Gasteiger partial charge is 0.263 e. The Morgan fingerprint density at radius 3 is 2.41 bits per heavy atom. The predicted octanol–water partition coefficient (Wildman–Crippen LogP) is 3.36. The van der Waals surface area contributed by atoms with Crippen LogP contribution in [0.4, 0.5) is 0 Å². The normalized spacial score (nSPS) is 10.3. The average molecular weight is 387 g/mol. The summed E-state index contributed by atoms with van der Waals surface area (Å²) in [6, 6.07) is 8.66. The van der Waals surface area contributed by atoms with E-state index in [9.17, 15) is 4.79 Å². The third-order valence-corrected chi connectivity index (χ3v) is 3.51. The van der Waals surface area contributed by atoms with E-state index in [-0.39, 0.29) is 40.8 Å². The van der Waals surface area contributed by atoms with Crippen LogP contribution in [0.2, 0.25) is 5.15 Å². The SMILES string of the molecule is COc1ccccc1Oc1c(Cl)nc(-c2ncccn2)nc1OCC(C)=O. The molecule has 0 amide bonds. The van der Waals surface area contributed by atoms with E-state index in [2.05, 4.69) is 19.9 Å². The van der Waals surface area contributed by atoms with Gasteiger partial charge in [-0.2, -0.15) is 4.98 Å². The highest BCUT2D eigenvalue weighted by Crippen LogP contribution is 2.40. The van der Waals surface area contributed by atoms with Gasteiger partial charge in [0.05, 0.1) is 7.11 Å². The Morgan fingerprint density at radius 1 is 1.04 bits per heavy atom. The maximum absolute atomic E-state index is 11.3. The lowest BCUT2D eigenvalue weighted by atomic mass is 10.3. The molecule has 8 nitrogen and oxygen atoms in total. The summed E-state index contributed by atoms with van der Waals surface area (Å²) in [6.45, 7) is 1.19. The molecular formula is C18H15ClN4O4. The van der Waals surface area contributed by atoms with Gasteiger partial charge in [-0.1, -0.05) is 23.7 Å². The molecule has 2 heterocycles. The van der Waals surface area contributed by atoms with E-state index in [1.165, 1.54) is 14.0 Å². The van der Waals surface area contributed by atoms with Crippen molar-refractivity contribution in [3.8, 4) is 34.8 Å². The van der Waals surface area contributed by atoms with E-state index in [1.807, 2.05) is 0 Å². The van der Waals surface area contributed by atoms with Crippen molar-refractivity contribution in [2.24, 2.45) is 0 Å². The summed E-state index contributed by atoms with van der Waals surface area (Å²) in [4.78, 5) is 28.0. The lowest BCUT2D eigenvalue weighted by Gasteiger charge is -2.14. The number of hydrogen-bond donors (Lipinski definition) is 0. The molecule has 0 bridgehead atoms. The summed E-state index contributed by atoms with van der Waals surface area (Å²) in [5, 5.41) is -0.0167. The van der Waals surface area contributed by atoms with Crippen LogP contribution in [-0.4, -0.2) is 39.4 Å². The quantitative estimate of drug-likeness (QED) is 0.570. The summed E-state index contributed by atoms with van der Waals surface area (Å²) in [6.07, 6.45) is 3.10. The Balaban J connectivity index is 2.04. The molecule has 0 fully saturated rings. The second-order valence-corrected chi connectivity index (χ2v) is 5.65. The summed E-state index contributed by atoms with van der Waals surface area (Å²) in [7, 11) is 1.52. The molecule has 0 radical (unpaired) electrons. The number of ketones is 1. The third-order valence-electron chi connectivity index (χ3n) is 3.25. The van der Waals surface area contributed by atoms with E-state index >= 15 is 0 Å². The maximum Gasteiger partial charge on any atom is 0.263 e. The van der Waals surface area contributed by atoms with Crippen LogP contribution in [-0.2, 0) is 4.79 Å². The highest BCUT2D eigenvalue weighted by atomic mass is 35.5. The zero-order valence-corrected chi connectivity index (χ0v) is 15.3. The molecule has 138 valence electrons. The number of para-hydroxylation sites is 2. The minimum atomic E-state index is -0.204. The molecule has 0 unspecified atom stereocenters. The Hall–Kier alpha value is -3.26. The van der Waals surface area contributed by atoms with E-state index in [0.717, 1.165) is 0 Å². The number of Topliss-reactive ketones (excluding diaryl/α,β-unsaturated/α-hetero) is 1. The number of rotatable bonds is 7. The van der Waals surface area contributed by atoms with Gasteiger partial charge in [-0.05, 0) is 25.1 Å². The van der Waals surface area contributed by atoms with Crippen molar-refractivity contribution in [3.63, 3.8) is 0 Å². The van der Waals surface area contributed by atoms with Crippen LogP contribution >= 0.6 is 11.6 Å². The number of carbonyl (C=O) groups is 1. The van der Waals surface area contributed by atoms with Gasteiger partial charge >= 0.3 is 0 Å². The average Bonchev–Trinajstić information content (AvgIpc) is 2.69. The van der Waals surface area contributed by atoms with Crippen molar-refractivity contribution in [3.05, 3.63) is 47.9 Å². The van der Waals surface area contributed by atoms with Crippen LogP contribution in [0.15, 0.2) is 42.7 Å². The van der Waals surface area contributed by atoms with Crippen molar-refractivity contribution in [2.75, 3.05) is 13.7 Å². The van der Waals surface area contributed by atoms with E-state index < -0.39 is 0 Å². The molecule has 0 saturated heterocycles. The van der Waals surface area contributed by atoms with Gasteiger partial charge in [0.25, 0.3) is 5.88 Å². The van der Waals surface area contributed by atoms with Gasteiger partial charge in [-0.3, -0.25) is 4.79 Å². The van der Waals surface area contributed by atoms with Crippen molar-refractivity contribution in [1.82, 2.24) is 19.9 Å². The number of aromatic nitrogens is 4. The summed E-state index contributed by atoms with van der Waals surface area (Å²) < 4.78 is 16.6. The summed E-state index contributed by atoms with van der Waals surface area (Å²) >= 11 is 6.31. The van der Waals surface area contributed by atoms with Crippen LogP contribution in [0.1, 0.15) is 6.92 Å². The number of methoxy groups -OCH3 is 1. The van der Waals surface area contributed by atoms with Crippen LogP contribution in [0, 0.1) is 0 Å². The Morgan fingerprint density at radius 2 is 1.74 bits per heavy atom. The number of ether oxygens (including phenoxy) is 3. The van der Waals surface area contributed by atoms with Crippen LogP contribution in [0.5, 0.6) is 23.1 Å². The number of nitrogens with zero attached hydrogens (tertiary/aromatic N) is 4. The van der Waals surface area contributed by atoms with Gasteiger partial charge in [0.1, 0.15) is 6.61 Å². The van der Waals surface area contributed by atoms with Gasteiger partial charge in [0.2, 0.25) is 11.6 Å². The van der Waals surface area contributed by atoms with E-state index in [4.69, 9.17) is 25.8 Å². The first-order valence-corrected chi connectivity index (χ1v) is 8.24. The Kier molecular flexibility index (Phi) is 5.77. The fourth-order valence-electron chi connectivity index (χ4n) is 2.09. The Labute approximate surface area is 160 Å². The number of benzene rings is 1. The lowest BCUT2D eigenvalue weighted by Crippen LogP contribution is -2.10. The minimum Gasteiger partial charge on any atom is -0.493 e. The molecule has 0 spiro atoms. The van der Waals surface area contributed by atoms with Gasteiger partial charge in [-0.15, -0.1) is 0 Å². The molecule has 3 rings (SSSR count). The second kappa shape index (κ2) is 8.41. The van der Waals surface area contributed by atoms with E-state index in [1.54, 1.807) is 42.7 Å². The molecule has 0 aliphatic rings. The van der Waals surface area contributed by atoms with Crippen molar-refractivity contribution >= 4 is 17.4 Å². The fraction of sp³-hybridized carbons (Fsp3) is 0.167. The standard InChI is InChI=1S/C18H15ClN4O4/c1-11(24)10-26-18-14(27-13-7-4-3-6-12(13)25-2)15(19)22-17(23-18)16-20-8-5-9-21-16/h3-9H,10H2,1-2H3. The van der Waals surface area contributed by atoms with Crippen LogP contribution < -0.4 is 14.2 Å². The first-order chi connectivity index (χ1) is 13.1. The molecule has 0 aliphatic heterocycles. The van der Waals surface area contributed by atoms with Crippen molar-refractivity contribution in [1.29, 1.82) is 0 Å². The fourth-order valence-corrected chi connectivity index (χ4v) is 2.28. The van der Waals surface area contributed by atoms with Gasteiger partial charge in [-0.25, -0.2) is 15.0 Å². The first-order valence-electron chi connectivity index (χ1n) is 7.86. The van der Waals surface area contributed by atoms with Gasteiger partial charge < -0.3 is 14.2 Å². The summed E-state index contributed by atoms with van der Waals surface area (Å²) in [5.41, 5.74) is 0. The second-order valence-electron chi connectivity index (χ2n) is 5.29. The Bertz CT molecular complexity index is 953. The number of carbonyl (C=O) groups excluding carboxylic acids is 1. The number of halogens is 1. The topological polar surface area (TPSA) is 96.3 Å². The summed E-state index contributed by atoms with van der Waals surface area (Å²) in [5.74, 6) is 1.15. The van der Waals surface area contributed by atoms with Crippen LogP contribution in [0.3, 0.4) is 0 Å². The zero-order chi connectivity index (χ0) is 19.2. The molecule has 0 saturated carbocycles. The van der Waals surface area contributed by atoms with Crippen molar-refractivity contribution < 1.29 is 19.0 Å². The van der Waals surface area contributed by atoms with Gasteiger partial charge in [0.15, 0.2) is 28.3 Å². The molecule has 0 aliphatic carbocycles. The molecular weight excluding hydrogens is 372 g/mol.